The van der Waals surface area contributed by atoms with Crippen molar-refractivity contribution < 1.29 is 4.79 Å². The van der Waals surface area contributed by atoms with Crippen molar-refractivity contribution >= 4 is 40.6 Å². The van der Waals surface area contributed by atoms with E-state index in [-0.39, 0.29) is 5.91 Å². The van der Waals surface area contributed by atoms with Crippen LogP contribution in [0.5, 0.6) is 0 Å². The Bertz CT molecular complexity index is 1030. The molecule has 0 bridgehead atoms. The number of amides is 1. The van der Waals surface area contributed by atoms with Crippen molar-refractivity contribution in [1.82, 2.24) is 25.1 Å². The maximum Gasteiger partial charge on any atom is 0.244 e. The summed E-state index contributed by atoms with van der Waals surface area (Å²) in [6, 6.07) is 9.77. The maximum atomic E-state index is 12.1. The summed E-state index contributed by atoms with van der Waals surface area (Å²) < 4.78 is 1.85. The van der Waals surface area contributed by atoms with Crippen molar-refractivity contribution in [1.29, 1.82) is 0 Å². The fourth-order valence-corrected chi connectivity index (χ4v) is 3.96. The Labute approximate surface area is 180 Å². The Morgan fingerprint density at radius 2 is 1.97 bits per heavy atom. The van der Waals surface area contributed by atoms with Crippen molar-refractivity contribution in [3.63, 3.8) is 0 Å². The molecule has 1 aromatic carbocycles. The molecule has 0 saturated carbocycles. The van der Waals surface area contributed by atoms with Crippen molar-refractivity contribution in [2.45, 2.75) is 31.0 Å². The summed E-state index contributed by atoms with van der Waals surface area (Å²) in [5, 5.41) is 9.17. The second-order valence-electron chi connectivity index (χ2n) is 7.22. The molecule has 0 unspecified atom stereocenters. The van der Waals surface area contributed by atoms with Crippen LogP contribution in [0.4, 0.5) is 5.82 Å². The van der Waals surface area contributed by atoms with E-state index >= 15 is 0 Å². The predicted molar refractivity (Wildman–Crippen MR) is 122 cm³/mol. The molecule has 3 aromatic rings. The monoisotopic (exact) mass is 422 g/mol. The number of carbonyl (C=O) groups is 1. The van der Waals surface area contributed by atoms with Gasteiger partial charge < -0.3 is 10.2 Å². The molecule has 7 nitrogen and oxygen atoms in total. The van der Waals surface area contributed by atoms with Gasteiger partial charge in [0.15, 0.2) is 10.8 Å². The lowest BCUT2D eigenvalue weighted by molar-refractivity contribution is -0.116. The number of hydrogen-bond acceptors (Lipinski definition) is 6. The molecular formula is C22H26N6OS. The first-order chi connectivity index (χ1) is 14.7. The number of nitrogens with one attached hydrogen (secondary N) is 1. The van der Waals surface area contributed by atoms with E-state index in [0.29, 0.717) is 13.1 Å². The van der Waals surface area contributed by atoms with Gasteiger partial charge in [0.25, 0.3) is 0 Å². The number of hydrogen-bond donors (Lipinski definition) is 1. The van der Waals surface area contributed by atoms with Crippen LogP contribution in [-0.2, 0) is 11.3 Å². The number of fused-ring (bicyclic) bond motifs is 1. The minimum Gasteiger partial charge on any atom is -0.356 e. The van der Waals surface area contributed by atoms with Gasteiger partial charge in [-0.15, -0.1) is 0 Å². The van der Waals surface area contributed by atoms with Crippen LogP contribution in [0.2, 0.25) is 0 Å². The number of benzene rings is 1. The third kappa shape index (κ3) is 4.81. The average Bonchev–Trinajstić information content (AvgIpc) is 3.21. The van der Waals surface area contributed by atoms with Crippen molar-refractivity contribution in [3.05, 3.63) is 48.2 Å². The number of nitrogens with zero attached hydrogens (tertiary/aromatic N) is 5. The number of thioether (sulfide) groups is 1. The Morgan fingerprint density at radius 3 is 2.73 bits per heavy atom. The molecule has 0 radical (unpaired) electrons. The lowest BCUT2D eigenvalue weighted by atomic mass is 10.1. The largest absolute Gasteiger partial charge is 0.356 e. The molecule has 0 aliphatic carbocycles. The molecule has 30 heavy (non-hydrogen) atoms. The first-order valence-electron chi connectivity index (χ1n) is 10.3. The predicted octanol–water partition coefficient (Wildman–Crippen LogP) is 3.37. The molecular weight excluding hydrogens is 396 g/mol. The third-order valence-corrected chi connectivity index (χ3v) is 5.69. The van der Waals surface area contributed by atoms with E-state index in [1.165, 1.54) is 31.0 Å². The summed E-state index contributed by atoms with van der Waals surface area (Å²) in [5.41, 5.74) is 1.82. The molecule has 1 aliphatic rings. The number of anilines is 1. The van der Waals surface area contributed by atoms with Gasteiger partial charge >= 0.3 is 0 Å². The zero-order valence-corrected chi connectivity index (χ0v) is 17.9. The smallest absolute Gasteiger partial charge is 0.244 e. The van der Waals surface area contributed by atoms with Crippen LogP contribution in [0.15, 0.2) is 47.8 Å². The summed E-state index contributed by atoms with van der Waals surface area (Å²) in [6.07, 6.45) is 10.9. The first kappa shape index (κ1) is 20.4. The van der Waals surface area contributed by atoms with Crippen LogP contribution in [0.25, 0.3) is 17.1 Å². The number of piperidine rings is 1. The van der Waals surface area contributed by atoms with E-state index in [0.717, 1.165) is 40.7 Å². The maximum absolute atomic E-state index is 12.1. The Morgan fingerprint density at radius 1 is 1.17 bits per heavy atom. The van der Waals surface area contributed by atoms with Crippen molar-refractivity contribution in [2.24, 2.45) is 0 Å². The fourth-order valence-electron chi connectivity index (χ4n) is 3.60. The molecule has 1 N–H and O–H groups in total. The number of rotatable bonds is 7. The molecule has 3 heterocycles. The Hall–Kier alpha value is -2.87. The van der Waals surface area contributed by atoms with Gasteiger partial charge in [-0.25, -0.2) is 14.6 Å². The summed E-state index contributed by atoms with van der Waals surface area (Å²) >= 11 is 1.54. The second-order valence-corrected chi connectivity index (χ2v) is 8.00. The molecule has 1 fully saturated rings. The second kappa shape index (κ2) is 9.75. The van der Waals surface area contributed by atoms with Gasteiger partial charge in [-0.1, -0.05) is 42.1 Å². The van der Waals surface area contributed by atoms with Gasteiger partial charge in [-0.05, 0) is 37.2 Å². The molecule has 0 spiro atoms. The highest BCUT2D eigenvalue weighted by atomic mass is 32.2. The average molecular weight is 423 g/mol. The minimum atomic E-state index is -0.122. The van der Waals surface area contributed by atoms with Crippen LogP contribution in [-0.4, -0.2) is 51.5 Å². The van der Waals surface area contributed by atoms with Crippen LogP contribution in [0.3, 0.4) is 0 Å². The molecule has 156 valence electrons. The lowest BCUT2D eigenvalue weighted by Crippen LogP contribution is -2.30. The molecule has 4 rings (SSSR count). The van der Waals surface area contributed by atoms with E-state index in [9.17, 15) is 4.79 Å². The van der Waals surface area contributed by atoms with Crippen LogP contribution < -0.4 is 10.2 Å². The third-order valence-electron chi connectivity index (χ3n) is 5.14. The van der Waals surface area contributed by atoms with Gasteiger partial charge in [0.2, 0.25) is 5.91 Å². The Balaban J connectivity index is 1.44. The molecule has 1 aliphatic heterocycles. The van der Waals surface area contributed by atoms with E-state index < -0.39 is 0 Å². The van der Waals surface area contributed by atoms with E-state index in [1.807, 2.05) is 53.5 Å². The summed E-state index contributed by atoms with van der Waals surface area (Å²) in [6.45, 7) is 3.08. The van der Waals surface area contributed by atoms with Gasteiger partial charge in [-0.2, -0.15) is 5.10 Å². The first-order valence-corrected chi connectivity index (χ1v) is 11.5. The standard InChI is InChI=1S/C22H26N6OS/c1-30-22-25-20(27-13-6-3-7-14-27)18-16-24-28(21(18)26-22)15-12-23-19(29)11-10-17-8-4-2-5-9-17/h2,4-5,8-11,16H,3,6-7,12-15H2,1H3,(H,23,29). The van der Waals surface area contributed by atoms with Gasteiger partial charge in [0.05, 0.1) is 18.1 Å². The number of carbonyl (C=O) groups excluding carboxylic acids is 1. The Kier molecular flexibility index (Phi) is 6.63. The van der Waals surface area contributed by atoms with Crippen LogP contribution in [0.1, 0.15) is 24.8 Å². The zero-order chi connectivity index (χ0) is 20.8. The van der Waals surface area contributed by atoms with Gasteiger partial charge in [-0.3, -0.25) is 4.79 Å². The molecule has 1 saturated heterocycles. The topological polar surface area (TPSA) is 75.9 Å². The molecule has 2 aromatic heterocycles. The highest BCUT2D eigenvalue weighted by Crippen LogP contribution is 2.28. The van der Waals surface area contributed by atoms with E-state index in [4.69, 9.17) is 4.98 Å². The molecule has 1 amide bonds. The van der Waals surface area contributed by atoms with Crippen LogP contribution >= 0.6 is 11.8 Å². The summed E-state index contributed by atoms with van der Waals surface area (Å²) in [5.74, 6) is 0.855. The molecule has 8 heteroatoms. The number of aromatic nitrogens is 4. The zero-order valence-electron chi connectivity index (χ0n) is 17.1. The SMILES string of the molecule is CSc1nc(N2CCCCC2)c2cnn(CCNC(=O)C=Cc3ccccc3)c2n1. The lowest BCUT2D eigenvalue weighted by Gasteiger charge is -2.28. The highest BCUT2D eigenvalue weighted by Gasteiger charge is 2.19. The van der Waals surface area contributed by atoms with E-state index in [2.05, 4.69) is 20.3 Å². The van der Waals surface area contributed by atoms with Crippen molar-refractivity contribution in [2.75, 3.05) is 30.8 Å². The van der Waals surface area contributed by atoms with Crippen molar-refractivity contribution in [3.8, 4) is 0 Å². The normalized spacial score (nSPS) is 14.5. The highest BCUT2D eigenvalue weighted by molar-refractivity contribution is 7.98. The summed E-state index contributed by atoms with van der Waals surface area (Å²) in [7, 11) is 0. The van der Waals surface area contributed by atoms with Gasteiger partial charge in [0.1, 0.15) is 5.82 Å². The summed E-state index contributed by atoms with van der Waals surface area (Å²) in [4.78, 5) is 23.9. The fraction of sp³-hybridized carbons (Fsp3) is 0.364. The quantitative estimate of drug-likeness (QED) is 0.357. The van der Waals surface area contributed by atoms with E-state index in [1.54, 1.807) is 6.08 Å². The van der Waals surface area contributed by atoms with Crippen LogP contribution in [0, 0.1) is 0 Å². The molecule has 0 atom stereocenters. The minimum absolute atomic E-state index is 0.122. The van der Waals surface area contributed by atoms with Gasteiger partial charge in [0, 0.05) is 25.7 Å².